The quantitative estimate of drug-likeness (QED) is 0.888. The topological polar surface area (TPSA) is 59.9 Å². The molecule has 1 atom stereocenters. The predicted molar refractivity (Wildman–Crippen MR) is 77.1 cm³/mol. The Morgan fingerprint density at radius 3 is 2.95 bits per heavy atom. The second kappa shape index (κ2) is 6.68. The Morgan fingerprint density at radius 2 is 2.26 bits per heavy atom. The highest BCUT2D eigenvalue weighted by atomic mass is 35.5. The second-order valence-electron chi connectivity index (χ2n) is 4.02. The van der Waals surface area contributed by atoms with Gasteiger partial charge in [-0.05, 0) is 54.3 Å². The van der Waals surface area contributed by atoms with Crippen LogP contribution in [0.15, 0.2) is 16.8 Å². The maximum Gasteiger partial charge on any atom is 0.322 e. The number of hydrogen-bond acceptors (Lipinski definition) is 6. The summed E-state index contributed by atoms with van der Waals surface area (Å²) < 4.78 is 5.23. The van der Waals surface area contributed by atoms with Crippen LogP contribution in [-0.2, 0) is 6.42 Å². The van der Waals surface area contributed by atoms with E-state index < -0.39 is 0 Å². The van der Waals surface area contributed by atoms with Crippen LogP contribution in [0.5, 0.6) is 6.01 Å². The van der Waals surface area contributed by atoms with Crippen molar-refractivity contribution in [2.24, 2.45) is 0 Å². The fourth-order valence-corrected chi connectivity index (χ4v) is 2.46. The summed E-state index contributed by atoms with van der Waals surface area (Å²) in [5, 5.41) is 7.52. The molecule has 0 aliphatic rings. The van der Waals surface area contributed by atoms with Crippen LogP contribution in [0.25, 0.3) is 0 Å². The zero-order valence-corrected chi connectivity index (χ0v) is 12.3. The minimum atomic E-state index is 0.128. The van der Waals surface area contributed by atoms with E-state index in [9.17, 15) is 0 Å². The maximum absolute atomic E-state index is 5.83. The Labute approximate surface area is 121 Å². The van der Waals surface area contributed by atoms with E-state index in [1.165, 1.54) is 5.56 Å². The van der Waals surface area contributed by atoms with Gasteiger partial charge in [-0.3, -0.25) is 0 Å². The monoisotopic (exact) mass is 298 g/mol. The molecule has 0 aromatic carbocycles. The molecule has 2 rings (SSSR count). The third-order valence-electron chi connectivity index (χ3n) is 2.36. The Kier molecular flexibility index (Phi) is 4.93. The molecule has 2 heterocycles. The smallest absolute Gasteiger partial charge is 0.322 e. The van der Waals surface area contributed by atoms with Crippen molar-refractivity contribution in [3.05, 3.63) is 27.7 Å². The van der Waals surface area contributed by atoms with Gasteiger partial charge in [0, 0.05) is 6.04 Å². The van der Waals surface area contributed by atoms with Gasteiger partial charge in [0.1, 0.15) is 0 Å². The van der Waals surface area contributed by atoms with Crippen LogP contribution in [0, 0.1) is 0 Å². The van der Waals surface area contributed by atoms with E-state index in [2.05, 4.69) is 44.0 Å². The molecule has 0 saturated heterocycles. The summed E-state index contributed by atoms with van der Waals surface area (Å²) in [6.07, 6.45) is 0.900. The summed E-state index contributed by atoms with van der Waals surface area (Å²) in [5.41, 5.74) is 1.29. The van der Waals surface area contributed by atoms with Crippen molar-refractivity contribution in [3.63, 3.8) is 0 Å². The molecule has 1 N–H and O–H groups in total. The van der Waals surface area contributed by atoms with Gasteiger partial charge in [0.05, 0.1) is 6.61 Å². The first-order valence-electron chi connectivity index (χ1n) is 5.99. The first kappa shape index (κ1) is 14.0. The third-order valence-corrected chi connectivity index (χ3v) is 3.26. The van der Waals surface area contributed by atoms with E-state index in [0.717, 1.165) is 6.42 Å². The molecule has 19 heavy (non-hydrogen) atoms. The minimum absolute atomic E-state index is 0.128. The summed E-state index contributed by atoms with van der Waals surface area (Å²) in [6.45, 7) is 4.42. The Balaban J connectivity index is 2.01. The van der Waals surface area contributed by atoms with Gasteiger partial charge in [-0.1, -0.05) is 0 Å². The number of nitrogens with one attached hydrogen (secondary N) is 1. The van der Waals surface area contributed by atoms with Gasteiger partial charge >= 0.3 is 6.01 Å². The van der Waals surface area contributed by atoms with Crippen molar-refractivity contribution in [1.29, 1.82) is 0 Å². The molecule has 0 saturated carbocycles. The van der Waals surface area contributed by atoms with Crippen LogP contribution < -0.4 is 10.1 Å². The van der Waals surface area contributed by atoms with Crippen molar-refractivity contribution < 1.29 is 4.74 Å². The zero-order valence-electron chi connectivity index (χ0n) is 10.8. The van der Waals surface area contributed by atoms with Gasteiger partial charge in [0.2, 0.25) is 11.2 Å². The lowest BCUT2D eigenvalue weighted by molar-refractivity contribution is 0.312. The van der Waals surface area contributed by atoms with Gasteiger partial charge in [0.25, 0.3) is 0 Å². The van der Waals surface area contributed by atoms with Crippen LogP contribution in [0.1, 0.15) is 19.4 Å². The highest BCUT2D eigenvalue weighted by molar-refractivity contribution is 7.07. The van der Waals surface area contributed by atoms with Gasteiger partial charge < -0.3 is 10.1 Å². The van der Waals surface area contributed by atoms with Gasteiger partial charge in [-0.15, -0.1) is 0 Å². The lowest BCUT2D eigenvalue weighted by Gasteiger charge is -2.13. The van der Waals surface area contributed by atoms with E-state index in [4.69, 9.17) is 16.3 Å². The Hall–Kier alpha value is -1.40. The Bertz CT molecular complexity index is 520. The molecular weight excluding hydrogens is 284 g/mol. The molecule has 2 aromatic rings. The molecular formula is C12H15ClN4OS. The van der Waals surface area contributed by atoms with E-state index >= 15 is 0 Å². The number of aromatic nitrogens is 3. The molecule has 0 aliphatic carbocycles. The van der Waals surface area contributed by atoms with Crippen molar-refractivity contribution in [3.8, 4) is 6.01 Å². The van der Waals surface area contributed by atoms with Crippen molar-refractivity contribution in [1.82, 2.24) is 15.0 Å². The first-order chi connectivity index (χ1) is 9.17. The standard InChI is InChI=1S/C12H15ClN4OS/c1-3-18-12-16-10(13)15-11(17-12)14-8(2)6-9-4-5-19-7-9/h4-5,7-8H,3,6H2,1-2H3,(H,14,15,16,17). The van der Waals surface area contributed by atoms with E-state index in [0.29, 0.717) is 12.6 Å². The minimum Gasteiger partial charge on any atom is -0.464 e. The lowest BCUT2D eigenvalue weighted by atomic mass is 10.1. The van der Waals surface area contributed by atoms with Gasteiger partial charge in [-0.2, -0.15) is 26.3 Å². The molecule has 2 aromatic heterocycles. The largest absolute Gasteiger partial charge is 0.464 e. The fourth-order valence-electron chi connectivity index (χ4n) is 1.62. The normalized spacial score (nSPS) is 12.2. The van der Waals surface area contributed by atoms with Crippen molar-refractivity contribution >= 4 is 28.9 Å². The average Bonchev–Trinajstić information content (AvgIpc) is 2.81. The molecule has 7 heteroatoms. The number of ether oxygens (including phenoxy) is 1. The molecule has 0 fully saturated rings. The third kappa shape index (κ3) is 4.33. The highest BCUT2D eigenvalue weighted by Gasteiger charge is 2.09. The lowest BCUT2D eigenvalue weighted by Crippen LogP contribution is -2.20. The molecule has 0 aliphatic heterocycles. The molecule has 5 nitrogen and oxygen atoms in total. The van der Waals surface area contributed by atoms with E-state index in [-0.39, 0.29) is 17.3 Å². The van der Waals surface area contributed by atoms with Crippen LogP contribution in [0.2, 0.25) is 5.28 Å². The number of thiophene rings is 1. The molecule has 0 radical (unpaired) electrons. The zero-order chi connectivity index (χ0) is 13.7. The summed E-state index contributed by atoms with van der Waals surface area (Å²) in [7, 11) is 0. The van der Waals surface area contributed by atoms with Crippen LogP contribution >= 0.6 is 22.9 Å². The van der Waals surface area contributed by atoms with E-state index in [1.807, 2.05) is 6.92 Å². The number of anilines is 1. The SMILES string of the molecule is CCOc1nc(Cl)nc(NC(C)Cc2ccsc2)n1. The van der Waals surface area contributed by atoms with Gasteiger partial charge in [-0.25, -0.2) is 0 Å². The molecule has 0 amide bonds. The fraction of sp³-hybridized carbons (Fsp3) is 0.417. The molecule has 1 unspecified atom stereocenters. The average molecular weight is 299 g/mol. The first-order valence-corrected chi connectivity index (χ1v) is 7.31. The summed E-state index contributed by atoms with van der Waals surface area (Å²) >= 11 is 7.52. The summed E-state index contributed by atoms with van der Waals surface area (Å²) in [4.78, 5) is 12.1. The van der Waals surface area contributed by atoms with Crippen molar-refractivity contribution in [2.45, 2.75) is 26.3 Å². The summed E-state index contributed by atoms with van der Waals surface area (Å²) in [6, 6.07) is 2.55. The number of rotatable bonds is 6. The molecule has 102 valence electrons. The molecule has 0 spiro atoms. The number of nitrogens with zero attached hydrogens (tertiary/aromatic N) is 3. The molecule has 0 bridgehead atoms. The predicted octanol–water partition coefficient (Wildman–Crippen LogP) is 3.03. The number of hydrogen-bond donors (Lipinski definition) is 1. The Morgan fingerprint density at radius 1 is 1.42 bits per heavy atom. The van der Waals surface area contributed by atoms with E-state index in [1.54, 1.807) is 11.3 Å². The highest BCUT2D eigenvalue weighted by Crippen LogP contribution is 2.14. The summed E-state index contributed by atoms with van der Waals surface area (Å²) in [5.74, 6) is 0.436. The number of halogens is 1. The van der Waals surface area contributed by atoms with Crippen LogP contribution in [0.4, 0.5) is 5.95 Å². The van der Waals surface area contributed by atoms with Gasteiger partial charge in [0.15, 0.2) is 0 Å². The van der Waals surface area contributed by atoms with Crippen molar-refractivity contribution in [2.75, 3.05) is 11.9 Å². The maximum atomic E-state index is 5.83. The van der Waals surface area contributed by atoms with Crippen LogP contribution in [0.3, 0.4) is 0 Å². The second-order valence-corrected chi connectivity index (χ2v) is 5.14. The van der Waals surface area contributed by atoms with Crippen LogP contribution in [-0.4, -0.2) is 27.6 Å².